The van der Waals surface area contributed by atoms with Gasteiger partial charge in [-0.25, -0.2) is 0 Å². The van der Waals surface area contributed by atoms with Gasteiger partial charge >= 0.3 is 7.12 Å². The molecule has 4 heteroatoms. The first-order valence-corrected chi connectivity index (χ1v) is 12.5. The lowest BCUT2D eigenvalue weighted by atomic mass is 9.78. The second-order valence-electron chi connectivity index (χ2n) is 11.3. The second-order valence-corrected chi connectivity index (χ2v) is 11.3. The standard InChI is InChI=1S/C30H36BNO2/c1-19(2)22-13-11-14-23(20(3)4)28(22)32-26-15-10-9-12-24(26)25-18-21(16-17-27(25)32)31-33-29(5,6)30(7,8)34-31/h9-20H,1-8H3. The number of hydrogen-bond acceptors (Lipinski definition) is 2. The zero-order chi connectivity index (χ0) is 24.4. The van der Waals surface area contributed by atoms with Crippen LogP contribution in [0.1, 0.15) is 78.4 Å². The summed E-state index contributed by atoms with van der Waals surface area (Å²) in [6.07, 6.45) is 0. The van der Waals surface area contributed by atoms with E-state index in [0.29, 0.717) is 11.8 Å². The van der Waals surface area contributed by atoms with E-state index in [4.69, 9.17) is 9.31 Å². The van der Waals surface area contributed by atoms with Crippen LogP contribution in [0, 0.1) is 0 Å². The van der Waals surface area contributed by atoms with Crippen molar-refractivity contribution < 1.29 is 9.31 Å². The molecule has 0 amide bonds. The van der Waals surface area contributed by atoms with Crippen LogP contribution in [0.4, 0.5) is 0 Å². The number of hydrogen-bond donors (Lipinski definition) is 0. The average molecular weight is 453 g/mol. The van der Waals surface area contributed by atoms with E-state index in [1.54, 1.807) is 0 Å². The first-order valence-electron chi connectivity index (χ1n) is 12.5. The summed E-state index contributed by atoms with van der Waals surface area (Å²) in [6, 6.07) is 22.2. The predicted molar refractivity (Wildman–Crippen MR) is 145 cm³/mol. The Morgan fingerprint density at radius 2 is 1.24 bits per heavy atom. The zero-order valence-electron chi connectivity index (χ0n) is 21.8. The minimum absolute atomic E-state index is 0.358. The van der Waals surface area contributed by atoms with Crippen LogP contribution in [-0.4, -0.2) is 22.9 Å². The van der Waals surface area contributed by atoms with Crippen molar-refractivity contribution in [2.24, 2.45) is 0 Å². The first kappa shape index (κ1) is 23.2. The molecule has 0 spiro atoms. The normalized spacial score (nSPS) is 17.5. The number of para-hydroxylation sites is 2. The minimum Gasteiger partial charge on any atom is -0.399 e. The molecule has 1 fully saturated rings. The van der Waals surface area contributed by atoms with Crippen molar-refractivity contribution in [1.29, 1.82) is 0 Å². The Hall–Kier alpha value is -2.56. The minimum atomic E-state index is -0.370. The molecule has 176 valence electrons. The van der Waals surface area contributed by atoms with E-state index < -0.39 is 0 Å². The highest BCUT2D eigenvalue weighted by Gasteiger charge is 2.51. The molecular weight excluding hydrogens is 417 g/mol. The van der Waals surface area contributed by atoms with Crippen molar-refractivity contribution in [1.82, 2.24) is 4.57 Å². The third-order valence-electron chi connectivity index (χ3n) is 7.79. The highest BCUT2D eigenvalue weighted by molar-refractivity contribution is 6.62. The highest BCUT2D eigenvalue weighted by atomic mass is 16.7. The van der Waals surface area contributed by atoms with E-state index in [0.717, 1.165) is 5.46 Å². The third kappa shape index (κ3) is 3.51. The van der Waals surface area contributed by atoms with Crippen molar-refractivity contribution in [3.8, 4) is 5.69 Å². The molecular formula is C30H36BNO2. The molecule has 0 bridgehead atoms. The fourth-order valence-corrected chi connectivity index (χ4v) is 5.13. The Balaban J connectivity index is 1.78. The van der Waals surface area contributed by atoms with Crippen molar-refractivity contribution in [3.05, 3.63) is 71.8 Å². The smallest absolute Gasteiger partial charge is 0.399 e. The average Bonchev–Trinajstić information content (AvgIpc) is 3.22. The van der Waals surface area contributed by atoms with Gasteiger partial charge in [-0.1, -0.05) is 76.2 Å². The van der Waals surface area contributed by atoms with Crippen LogP contribution in [0.2, 0.25) is 0 Å². The number of nitrogens with zero attached hydrogens (tertiary/aromatic N) is 1. The maximum atomic E-state index is 6.37. The highest BCUT2D eigenvalue weighted by Crippen LogP contribution is 2.39. The Morgan fingerprint density at radius 3 is 1.82 bits per heavy atom. The third-order valence-corrected chi connectivity index (χ3v) is 7.79. The molecule has 2 heterocycles. The molecule has 4 aromatic rings. The number of aromatic nitrogens is 1. The molecule has 1 aliphatic rings. The molecule has 0 unspecified atom stereocenters. The van der Waals surface area contributed by atoms with Gasteiger partial charge in [0.05, 0.1) is 27.9 Å². The van der Waals surface area contributed by atoms with Gasteiger partial charge in [-0.2, -0.15) is 0 Å². The Kier molecular flexibility index (Phi) is 5.46. The molecule has 3 nitrogen and oxygen atoms in total. The van der Waals surface area contributed by atoms with Gasteiger partial charge in [0.1, 0.15) is 0 Å². The second kappa shape index (κ2) is 8.00. The Bertz CT molecular complexity index is 1340. The maximum Gasteiger partial charge on any atom is 0.494 e. The molecule has 1 saturated heterocycles. The molecule has 34 heavy (non-hydrogen) atoms. The van der Waals surface area contributed by atoms with Crippen LogP contribution in [0.3, 0.4) is 0 Å². The van der Waals surface area contributed by atoms with E-state index in [-0.39, 0.29) is 18.3 Å². The van der Waals surface area contributed by atoms with Crippen LogP contribution in [0.5, 0.6) is 0 Å². The van der Waals surface area contributed by atoms with Crippen molar-refractivity contribution in [2.75, 3.05) is 0 Å². The SMILES string of the molecule is CC(C)c1cccc(C(C)C)c1-n1c2ccccc2c2cc(B3OC(C)(C)C(C)(C)O3)ccc21. The van der Waals surface area contributed by atoms with Gasteiger partial charge in [-0.3, -0.25) is 0 Å². The van der Waals surface area contributed by atoms with E-state index >= 15 is 0 Å². The van der Waals surface area contributed by atoms with E-state index in [1.807, 2.05) is 0 Å². The number of rotatable bonds is 4. The lowest BCUT2D eigenvalue weighted by molar-refractivity contribution is 0.00578. The lowest BCUT2D eigenvalue weighted by Crippen LogP contribution is -2.41. The molecule has 0 atom stereocenters. The van der Waals surface area contributed by atoms with Crippen molar-refractivity contribution >= 4 is 34.4 Å². The predicted octanol–water partition coefficient (Wildman–Crippen LogP) is 7.33. The quantitative estimate of drug-likeness (QED) is 0.302. The summed E-state index contributed by atoms with van der Waals surface area (Å²) >= 11 is 0. The van der Waals surface area contributed by atoms with Gasteiger partial charge in [0.25, 0.3) is 0 Å². The largest absolute Gasteiger partial charge is 0.494 e. The number of benzene rings is 3. The van der Waals surface area contributed by atoms with Gasteiger partial charge in [-0.15, -0.1) is 0 Å². The van der Waals surface area contributed by atoms with Crippen LogP contribution in [0.25, 0.3) is 27.5 Å². The molecule has 0 N–H and O–H groups in total. The van der Waals surface area contributed by atoms with Crippen LogP contribution in [-0.2, 0) is 9.31 Å². The van der Waals surface area contributed by atoms with Crippen LogP contribution >= 0.6 is 0 Å². The lowest BCUT2D eigenvalue weighted by Gasteiger charge is -2.32. The van der Waals surface area contributed by atoms with Gasteiger partial charge in [0, 0.05) is 10.8 Å². The summed E-state index contributed by atoms with van der Waals surface area (Å²) in [5.41, 5.74) is 6.88. The Morgan fingerprint density at radius 1 is 0.676 bits per heavy atom. The first-order chi connectivity index (χ1) is 16.0. The van der Waals surface area contributed by atoms with Gasteiger partial charge in [-0.05, 0) is 68.3 Å². The van der Waals surface area contributed by atoms with E-state index in [1.165, 1.54) is 38.6 Å². The monoisotopic (exact) mass is 453 g/mol. The molecule has 5 rings (SSSR count). The van der Waals surface area contributed by atoms with E-state index in [2.05, 4.69) is 121 Å². The zero-order valence-corrected chi connectivity index (χ0v) is 21.8. The summed E-state index contributed by atoms with van der Waals surface area (Å²) in [7, 11) is -0.370. The van der Waals surface area contributed by atoms with Crippen molar-refractivity contribution in [3.63, 3.8) is 0 Å². The molecule has 3 aromatic carbocycles. The topological polar surface area (TPSA) is 23.4 Å². The molecule has 0 saturated carbocycles. The van der Waals surface area contributed by atoms with Gasteiger partial charge < -0.3 is 13.9 Å². The summed E-state index contributed by atoms with van der Waals surface area (Å²) in [5.74, 6) is 0.850. The summed E-state index contributed by atoms with van der Waals surface area (Å²) < 4.78 is 15.2. The van der Waals surface area contributed by atoms with Crippen LogP contribution in [0.15, 0.2) is 60.7 Å². The summed E-state index contributed by atoms with van der Waals surface area (Å²) in [5, 5.41) is 2.49. The fourth-order valence-electron chi connectivity index (χ4n) is 5.13. The van der Waals surface area contributed by atoms with E-state index in [9.17, 15) is 0 Å². The fraction of sp³-hybridized carbons (Fsp3) is 0.400. The molecule has 0 radical (unpaired) electrons. The van der Waals surface area contributed by atoms with Gasteiger partial charge in [0.2, 0.25) is 0 Å². The summed E-state index contributed by atoms with van der Waals surface area (Å²) in [6.45, 7) is 17.6. The number of fused-ring (bicyclic) bond motifs is 3. The Labute approximate surface area is 204 Å². The maximum absolute atomic E-state index is 6.37. The van der Waals surface area contributed by atoms with Crippen LogP contribution < -0.4 is 5.46 Å². The summed E-state index contributed by atoms with van der Waals surface area (Å²) in [4.78, 5) is 0. The molecule has 0 aliphatic carbocycles. The molecule has 1 aromatic heterocycles. The molecule has 1 aliphatic heterocycles. The van der Waals surface area contributed by atoms with Crippen molar-refractivity contribution in [2.45, 2.75) is 78.4 Å². The van der Waals surface area contributed by atoms with Gasteiger partial charge in [0.15, 0.2) is 0 Å².